The highest BCUT2D eigenvalue weighted by Gasteiger charge is 2.25. The molecule has 0 radical (unpaired) electrons. The summed E-state index contributed by atoms with van der Waals surface area (Å²) in [6.07, 6.45) is 1.90. The Hall–Kier alpha value is -3.35. The fourth-order valence-corrected chi connectivity index (χ4v) is 3.34. The predicted octanol–water partition coefficient (Wildman–Crippen LogP) is 2.92. The van der Waals surface area contributed by atoms with Crippen LogP contribution in [0, 0.1) is 0 Å². The van der Waals surface area contributed by atoms with E-state index in [0.717, 1.165) is 24.8 Å². The Bertz CT molecular complexity index is 897. The molecule has 7 nitrogen and oxygen atoms in total. The smallest absolute Gasteiger partial charge is 0.338 e. The molecular formula is C21H23N3O4. The summed E-state index contributed by atoms with van der Waals surface area (Å²) in [5, 5.41) is 5.37. The SMILES string of the molecule is C[C@H](OC(=O)c1cccc(NC(N)=O)c1)C(=O)N[C@H]1CCCc2ccccc21. The molecule has 2 atom stereocenters. The van der Waals surface area contributed by atoms with Crippen LogP contribution in [0.15, 0.2) is 48.5 Å². The number of hydrogen-bond acceptors (Lipinski definition) is 4. The van der Waals surface area contributed by atoms with Crippen LogP contribution in [0.25, 0.3) is 0 Å². The Balaban J connectivity index is 1.62. The molecule has 0 saturated carbocycles. The normalized spacial score (nSPS) is 16.4. The number of anilines is 1. The number of carbonyl (C=O) groups is 3. The topological polar surface area (TPSA) is 111 Å². The Morgan fingerprint density at radius 3 is 2.71 bits per heavy atom. The second-order valence-corrected chi connectivity index (χ2v) is 6.77. The van der Waals surface area contributed by atoms with Crippen molar-refractivity contribution in [3.63, 3.8) is 0 Å². The lowest BCUT2D eigenvalue weighted by Crippen LogP contribution is -2.39. The molecule has 0 fully saturated rings. The van der Waals surface area contributed by atoms with Crippen LogP contribution in [-0.4, -0.2) is 24.0 Å². The average molecular weight is 381 g/mol. The van der Waals surface area contributed by atoms with Gasteiger partial charge < -0.3 is 21.1 Å². The number of rotatable bonds is 5. The van der Waals surface area contributed by atoms with Crippen molar-refractivity contribution in [1.29, 1.82) is 0 Å². The molecule has 0 saturated heterocycles. The van der Waals surface area contributed by atoms with Crippen molar-refractivity contribution >= 4 is 23.6 Å². The summed E-state index contributed by atoms with van der Waals surface area (Å²) in [6, 6.07) is 13.4. The van der Waals surface area contributed by atoms with E-state index in [1.54, 1.807) is 12.1 Å². The van der Waals surface area contributed by atoms with Crippen molar-refractivity contribution in [3.8, 4) is 0 Å². The minimum atomic E-state index is -0.950. The number of carbonyl (C=O) groups excluding carboxylic acids is 3. The molecule has 2 aromatic rings. The number of ether oxygens (including phenoxy) is 1. The molecule has 4 N–H and O–H groups in total. The third-order valence-corrected chi connectivity index (χ3v) is 4.70. The molecule has 7 heteroatoms. The zero-order chi connectivity index (χ0) is 20.1. The number of urea groups is 1. The summed E-state index contributed by atoms with van der Waals surface area (Å²) in [4.78, 5) is 35.8. The standard InChI is InChI=1S/C21H23N3O4/c1-13(28-20(26)15-8-4-9-16(12-15)23-21(22)27)19(25)24-18-11-5-7-14-6-2-3-10-17(14)18/h2-4,6,8-10,12-13,18H,5,7,11H2,1H3,(H,24,25)(H3,22,23,27)/t13-,18-/m0/s1. The number of primary amides is 1. The van der Waals surface area contributed by atoms with Crippen molar-refractivity contribution < 1.29 is 19.1 Å². The lowest BCUT2D eigenvalue weighted by molar-refractivity contribution is -0.130. The minimum absolute atomic E-state index is 0.0818. The number of nitrogens with one attached hydrogen (secondary N) is 2. The van der Waals surface area contributed by atoms with E-state index in [1.165, 1.54) is 24.6 Å². The van der Waals surface area contributed by atoms with Gasteiger partial charge in [-0.15, -0.1) is 0 Å². The van der Waals surface area contributed by atoms with Gasteiger partial charge in [-0.25, -0.2) is 9.59 Å². The summed E-state index contributed by atoms with van der Waals surface area (Å²) in [6.45, 7) is 1.54. The summed E-state index contributed by atoms with van der Waals surface area (Å²) in [5.41, 5.74) is 8.02. The van der Waals surface area contributed by atoms with Gasteiger partial charge >= 0.3 is 12.0 Å². The second kappa shape index (κ2) is 8.56. The maximum atomic E-state index is 12.5. The molecule has 0 spiro atoms. The zero-order valence-corrected chi connectivity index (χ0v) is 15.6. The Morgan fingerprint density at radius 1 is 1.14 bits per heavy atom. The lowest BCUT2D eigenvalue weighted by atomic mass is 9.87. The number of esters is 1. The van der Waals surface area contributed by atoms with E-state index >= 15 is 0 Å². The maximum absolute atomic E-state index is 12.5. The van der Waals surface area contributed by atoms with Gasteiger partial charge in [0.15, 0.2) is 6.10 Å². The van der Waals surface area contributed by atoms with Gasteiger partial charge in [-0.05, 0) is 55.5 Å². The van der Waals surface area contributed by atoms with Crippen LogP contribution in [0.4, 0.5) is 10.5 Å². The second-order valence-electron chi connectivity index (χ2n) is 6.77. The van der Waals surface area contributed by atoms with E-state index < -0.39 is 18.1 Å². The van der Waals surface area contributed by atoms with Crippen molar-refractivity contribution in [2.75, 3.05) is 5.32 Å². The van der Waals surface area contributed by atoms with Crippen molar-refractivity contribution in [2.45, 2.75) is 38.3 Å². The molecule has 1 aliphatic carbocycles. The van der Waals surface area contributed by atoms with E-state index in [0.29, 0.717) is 5.69 Å². The van der Waals surface area contributed by atoms with Crippen molar-refractivity contribution in [3.05, 3.63) is 65.2 Å². The first-order valence-corrected chi connectivity index (χ1v) is 9.19. The number of amides is 3. The number of benzene rings is 2. The van der Waals surface area contributed by atoms with Crippen LogP contribution < -0.4 is 16.4 Å². The fourth-order valence-electron chi connectivity index (χ4n) is 3.34. The molecule has 3 rings (SSSR count). The Labute approximate surface area is 163 Å². The number of hydrogen-bond donors (Lipinski definition) is 3. The molecular weight excluding hydrogens is 358 g/mol. The minimum Gasteiger partial charge on any atom is -0.449 e. The Kier molecular flexibility index (Phi) is 5.93. The summed E-state index contributed by atoms with van der Waals surface area (Å²) < 4.78 is 5.29. The summed E-state index contributed by atoms with van der Waals surface area (Å²) in [5.74, 6) is -0.999. The first kappa shape index (κ1) is 19.4. The van der Waals surface area contributed by atoms with Crippen LogP contribution >= 0.6 is 0 Å². The Morgan fingerprint density at radius 2 is 1.93 bits per heavy atom. The monoisotopic (exact) mass is 381 g/mol. The first-order valence-electron chi connectivity index (χ1n) is 9.19. The largest absolute Gasteiger partial charge is 0.449 e. The van der Waals surface area contributed by atoms with E-state index in [1.807, 2.05) is 18.2 Å². The summed E-state index contributed by atoms with van der Waals surface area (Å²) >= 11 is 0. The van der Waals surface area contributed by atoms with Crippen molar-refractivity contribution in [1.82, 2.24) is 5.32 Å². The van der Waals surface area contributed by atoms with Gasteiger partial charge in [0.1, 0.15) is 0 Å². The maximum Gasteiger partial charge on any atom is 0.338 e. The molecule has 2 aromatic carbocycles. The van der Waals surface area contributed by atoms with Crippen LogP contribution in [-0.2, 0) is 16.0 Å². The van der Waals surface area contributed by atoms with Crippen molar-refractivity contribution in [2.24, 2.45) is 5.73 Å². The number of fused-ring (bicyclic) bond motifs is 1. The molecule has 0 unspecified atom stereocenters. The first-order chi connectivity index (χ1) is 13.4. The predicted molar refractivity (Wildman–Crippen MR) is 105 cm³/mol. The van der Waals surface area contributed by atoms with E-state index in [-0.39, 0.29) is 17.5 Å². The molecule has 0 aliphatic heterocycles. The van der Waals surface area contributed by atoms with Gasteiger partial charge in [0.25, 0.3) is 5.91 Å². The van der Waals surface area contributed by atoms with Gasteiger partial charge in [-0.2, -0.15) is 0 Å². The average Bonchev–Trinajstić information content (AvgIpc) is 2.68. The molecule has 1 aliphatic rings. The highest BCUT2D eigenvalue weighted by molar-refractivity contribution is 5.95. The highest BCUT2D eigenvalue weighted by Crippen LogP contribution is 2.29. The highest BCUT2D eigenvalue weighted by atomic mass is 16.5. The number of nitrogens with two attached hydrogens (primary N) is 1. The molecule has 146 valence electrons. The van der Waals surface area contributed by atoms with E-state index in [4.69, 9.17) is 10.5 Å². The molecule has 0 heterocycles. The third-order valence-electron chi connectivity index (χ3n) is 4.70. The van der Waals surface area contributed by atoms with Gasteiger partial charge in [-0.3, -0.25) is 4.79 Å². The molecule has 28 heavy (non-hydrogen) atoms. The zero-order valence-electron chi connectivity index (χ0n) is 15.6. The van der Waals surface area contributed by atoms with Crippen LogP contribution in [0.5, 0.6) is 0 Å². The quantitative estimate of drug-likeness (QED) is 0.692. The van der Waals surface area contributed by atoms with Crippen LogP contribution in [0.1, 0.15) is 47.3 Å². The number of aryl methyl sites for hydroxylation is 1. The van der Waals surface area contributed by atoms with E-state index in [2.05, 4.69) is 16.7 Å². The molecule has 0 aromatic heterocycles. The molecule has 0 bridgehead atoms. The van der Waals surface area contributed by atoms with Crippen LogP contribution in [0.3, 0.4) is 0 Å². The van der Waals surface area contributed by atoms with Crippen LogP contribution in [0.2, 0.25) is 0 Å². The lowest BCUT2D eigenvalue weighted by Gasteiger charge is -2.27. The fraction of sp³-hybridized carbons (Fsp3) is 0.286. The van der Waals surface area contributed by atoms with Gasteiger partial charge in [0.05, 0.1) is 11.6 Å². The van der Waals surface area contributed by atoms with Gasteiger partial charge in [0.2, 0.25) is 0 Å². The van der Waals surface area contributed by atoms with Gasteiger partial charge in [-0.1, -0.05) is 30.3 Å². The summed E-state index contributed by atoms with van der Waals surface area (Å²) in [7, 11) is 0. The van der Waals surface area contributed by atoms with Gasteiger partial charge in [0, 0.05) is 5.69 Å². The molecule has 3 amide bonds. The third kappa shape index (κ3) is 4.68. The van der Waals surface area contributed by atoms with E-state index in [9.17, 15) is 14.4 Å².